The van der Waals surface area contributed by atoms with Gasteiger partial charge >= 0.3 is 0 Å². The number of halogens is 1. The second kappa shape index (κ2) is 6.73. The molecule has 0 unspecified atom stereocenters. The standard InChI is InChI=1S/C12H14BrN3O3S2/c1-14-7-9-5-10(12(13)20-9)21(17,18)16-8-3-4-11(19-2)15-6-8/h3-6,14,16H,7H2,1-2H3. The number of rotatable bonds is 6. The zero-order valence-corrected chi connectivity index (χ0v) is 14.6. The van der Waals surface area contributed by atoms with E-state index >= 15 is 0 Å². The van der Waals surface area contributed by atoms with Crippen LogP contribution in [0.1, 0.15) is 4.88 Å². The highest BCUT2D eigenvalue weighted by Crippen LogP contribution is 2.32. The fourth-order valence-corrected chi connectivity index (χ4v) is 5.35. The van der Waals surface area contributed by atoms with Crippen LogP contribution in [0.15, 0.2) is 33.1 Å². The molecule has 0 spiro atoms. The Morgan fingerprint density at radius 1 is 1.43 bits per heavy atom. The molecule has 21 heavy (non-hydrogen) atoms. The van der Waals surface area contributed by atoms with E-state index in [0.717, 1.165) is 4.88 Å². The number of nitrogens with zero attached hydrogens (tertiary/aromatic N) is 1. The number of ether oxygens (including phenoxy) is 1. The Bertz CT molecular complexity index is 714. The number of anilines is 1. The summed E-state index contributed by atoms with van der Waals surface area (Å²) in [4.78, 5) is 5.11. The Morgan fingerprint density at radius 3 is 2.76 bits per heavy atom. The topological polar surface area (TPSA) is 80.3 Å². The Labute approximate surface area is 135 Å². The molecule has 0 bridgehead atoms. The van der Waals surface area contributed by atoms with Crippen LogP contribution in [0.5, 0.6) is 5.88 Å². The van der Waals surface area contributed by atoms with Crippen LogP contribution < -0.4 is 14.8 Å². The van der Waals surface area contributed by atoms with Gasteiger partial charge in [-0.3, -0.25) is 4.72 Å². The first-order chi connectivity index (χ1) is 9.96. The maximum absolute atomic E-state index is 12.4. The number of hydrogen-bond donors (Lipinski definition) is 2. The molecule has 0 aliphatic carbocycles. The van der Waals surface area contributed by atoms with Gasteiger partial charge in [-0.05, 0) is 35.1 Å². The van der Waals surface area contributed by atoms with Gasteiger partial charge in [-0.25, -0.2) is 13.4 Å². The highest BCUT2D eigenvalue weighted by atomic mass is 79.9. The van der Waals surface area contributed by atoms with E-state index in [1.165, 1.54) is 24.6 Å². The molecule has 0 radical (unpaired) electrons. The van der Waals surface area contributed by atoms with E-state index in [-0.39, 0.29) is 4.90 Å². The van der Waals surface area contributed by atoms with Crippen molar-refractivity contribution in [3.8, 4) is 5.88 Å². The van der Waals surface area contributed by atoms with Crippen molar-refractivity contribution >= 4 is 43.0 Å². The number of aromatic nitrogens is 1. The van der Waals surface area contributed by atoms with Gasteiger partial charge in [0.1, 0.15) is 4.90 Å². The fraction of sp³-hybridized carbons (Fsp3) is 0.250. The van der Waals surface area contributed by atoms with Gasteiger partial charge in [0.2, 0.25) is 5.88 Å². The molecule has 6 nitrogen and oxygen atoms in total. The Morgan fingerprint density at radius 2 is 2.19 bits per heavy atom. The average Bonchev–Trinajstić information content (AvgIpc) is 2.81. The van der Waals surface area contributed by atoms with E-state index in [1.54, 1.807) is 18.2 Å². The molecule has 0 aliphatic rings. The molecule has 0 aromatic carbocycles. The SMILES string of the molecule is CNCc1cc(S(=O)(=O)Nc2ccc(OC)nc2)c(Br)s1. The lowest BCUT2D eigenvalue weighted by atomic mass is 10.4. The maximum Gasteiger partial charge on any atom is 0.263 e. The van der Waals surface area contributed by atoms with Crippen molar-refractivity contribution in [2.45, 2.75) is 11.4 Å². The van der Waals surface area contributed by atoms with Crippen LogP contribution in [-0.2, 0) is 16.6 Å². The van der Waals surface area contributed by atoms with Gasteiger partial charge in [0.15, 0.2) is 0 Å². The van der Waals surface area contributed by atoms with E-state index in [9.17, 15) is 8.42 Å². The summed E-state index contributed by atoms with van der Waals surface area (Å²) in [6, 6.07) is 4.83. The van der Waals surface area contributed by atoms with Gasteiger partial charge < -0.3 is 10.1 Å². The number of hydrogen-bond acceptors (Lipinski definition) is 6. The summed E-state index contributed by atoms with van der Waals surface area (Å²) in [7, 11) is -0.350. The third-order valence-electron chi connectivity index (χ3n) is 2.54. The van der Waals surface area contributed by atoms with E-state index in [4.69, 9.17) is 4.74 Å². The summed E-state index contributed by atoms with van der Waals surface area (Å²) in [5.74, 6) is 0.422. The fourth-order valence-electron chi connectivity index (χ4n) is 1.61. The van der Waals surface area contributed by atoms with Crippen molar-refractivity contribution in [2.75, 3.05) is 18.9 Å². The number of thiophene rings is 1. The molecule has 2 aromatic heterocycles. The second-order valence-corrected chi connectivity index (χ2v) is 8.18. The number of pyridine rings is 1. The quantitative estimate of drug-likeness (QED) is 0.790. The summed E-state index contributed by atoms with van der Waals surface area (Å²) in [6.07, 6.45) is 1.41. The van der Waals surface area contributed by atoms with Gasteiger partial charge in [-0.15, -0.1) is 11.3 Å². The molecule has 2 N–H and O–H groups in total. The summed E-state index contributed by atoms with van der Waals surface area (Å²) in [6.45, 7) is 0.614. The Kier molecular flexibility index (Phi) is 5.20. The van der Waals surface area contributed by atoms with Crippen LogP contribution in [0.3, 0.4) is 0 Å². The molecule has 0 fully saturated rings. The van der Waals surface area contributed by atoms with Crippen molar-refractivity contribution < 1.29 is 13.2 Å². The summed E-state index contributed by atoms with van der Waals surface area (Å²) in [5, 5.41) is 2.99. The summed E-state index contributed by atoms with van der Waals surface area (Å²) >= 11 is 4.68. The van der Waals surface area contributed by atoms with Crippen LogP contribution in [0.4, 0.5) is 5.69 Å². The Hall–Kier alpha value is -1.16. The highest BCUT2D eigenvalue weighted by molar-refractivity contribution is 9.11. The van der Waals surface area contributed by atoms with Crippen molar-refractivity contribution in [2.24, 2.45) is 0 Å². The van der Waals surface area contributed by atoms with E-state index in [0.29, 0.717) is 21.9 Å². The smallest absolute Gasteiger partial charge is 0.263 e. The highest BCUT2D eigenvalue weighted by Gasteiger charge is 2.21. The molecule has 2 heterocycles. The van der Waals surface area contributed by atoms with E-state index in [1.807, 2.05) is 7.05 Å². The molecule has 0 saturated carbocycles. The summed E-state index contributed by atoms with van der Waals surface area (Å²) in [5.41, 5.74) is 0.379. The zero-order chi connectivity index (χ0) is 15.5. The molecule has 2 aromatic rings. The average molecular weight is 392 g/mol. The van der Waals surface area contributed by atoms with Gasteiger partial charge in [0, 0.05) is 17.5 Å². The predicted octanol–water partition coefficient (Wildman–Crippen LogP) is 2.43. The van der Waals surface area contributed by atoms with Crippen LogP contribution >= 0.6 is 27.3 Å². The van der Waals surface area contributed by atoms with Gasteiger partial charge in [-0.2, -0.15) is 0 Å². The molecular formula is C12H14BrN3O3S2. The lowest BCUT2D eigenvalue weighted by Crippen LogP contribution is -2.13. The number of methoxy groups -OCH3 is 1. The molecule has 0 saturated heterocycles. The molecule has 0 atom stereocenters. The summed E-state index contributed by atoms with van der Waals surface area (Å²) < 4.78 is 32.8. The molecule has 0 amide bonds. The van der Waals surface area contributed by atoms with Crippen LogP contribution in [0.25, 0.3) is 0 Å². The maximum atomic E-state index is 12.4. The first-order valence-electron chi connectivity index (χ1n) is 5.92. The van der Waals surface area contributed by atoms with Crippen LogP contribution in [0, 0.1) is 0 Å². The van der Waals surface area contributed by atoms with Crippen LogP contribution in [-0.4, -0.2) is 27.6 Å². The number of sulfonamides is 1. The lowest BCUT2D eigenvalue weighted by Gasteiger charge is -2.07. The lowest BCUT2D eigenvalue weighted by molar-refractivity contribution is 0.398. The molecule has 9 heteroatoms. The zero-order valence-electron chi connectivity index (χ0n) is 11.4. The normalized spacial score (nSPS) is 11.4. The molecular weight excluding hydrogens is 378 g/mol. The second-order valence-electron chi connectivity index (χ2n) is 4.08. The third-order valence-corrected chi connectivity index (χ3v) is 6.18. The molecule has 114 valence electrons. The van der Waals surface area contributed by atoms with Gasteiger partial charge in [-0.1, -0.05) is 0 Å². The van der Waals surface area contributed by atoms with E-state index in [2.05, 4.69) is 31.0 Å². The molecule has 0 aliphatic heterocycles. The van der Waals surface area contributed by atoms with E-state index < -0.39 is 10.0 Å². The number of nitrogens with one attached hydrogen (secondary N) is 2. The van der Waals surface area contributed by atoms with Crippen molar-refractivity contribution in [3.63, 3.8) is 0 Å². The van der Waals surface area contributed by atoms with Crippen molar-refractivity contribution in [1.29, 1.82) is 0 Å². The first-order valence-corrected chi connectivity index (χ1v) is 9.01. The largest absolute Gasteiger partial charge is 0.481 e. The Balaban J connectivity index is 2.24. The minimum absolute atomic E-state index is 0.216. The predicted molar refractivity (Wildman–Crippen MR) is 86.4 cm³/mol. The first kappa shape index (κ1) is 16.2. The van der Waals surface area contributed by atoms with Gasteiger partial charge in [0.05, 0.1) is 22.8 Å². The molecule has 2 rings (SSSR count). The minimum atomic E-state index is -3.66. The van der Waals surface area contributed by atoms with Crippen molar-refractivity contribution in [3.05, 3.63) is 33.1 Å². The van der Waals surface area contributed by atoms with Gasteiger partial charge in [0.25, 0.3) is 10.0 Å². The monoisotopic (exact) mass is 391 g/mol. The van der Waals surface area contributed by atoms with Crippen molar-refractivity contribution in [1.82, 2.24) is 10.3 Å². The third kappa shape index (κ3) is 3.94. The van der Waals surface area contributed by atoms with Crippen LogP contribution in [0.2, 0.25) is 0 Å². The minimum Gasteiger partial charge on any atom is -0.481 e.